The van der Waals surface area contributed by atoms with E-state index >= 15 is 0 Å². The maximum Gasteiger partial charge on any atom is 0.407 e. The van der Waals surface area contributed by atoms with Crippen LogP contribution < -0.4 is 10.6 Å². The molecule has 7 nitrogen and oxygen atoms in total. The average molecular weight is 472 g/mol. The van der Waals surface area contributed by atoms with Crippen LogP contribution in [0.4, 0.5) is 13.6 Å². The number of ether oxygens (including phenoxy) is 1. The number of carbonyl (C=O) groups is 3. The van der Waals surface area contributed by atoms with Crippen molar-refractivity contribution in [1.29, 1.82) is 0 Å². The quantitative estimate of drug-likeness (QED) is 0.488. The summed E-state index contributed by atoms with van der Waals surface area (Å²) in [5.41, 5.74) is 4.05. The Morgan fingerprint density at radius 3 is 2.15 bits per heavy atom. The van der Waals surface area contributed by atoms with Gasteiger partial charge in [0, 0.05) is 12.5 Å². The summed E-state index contributed by atoms with van der Waals surface area (Å²) in [7, 11) is 0. The molecule has 0 heterocycles. The topological polar surface area (TPSA) is 105 Å². The number of fused-ring (bicyclic) bond motifs is 3. The molecule has 3 N–H and O–H groups in total. The molecule has 9 heteroatoms. The van der Waals surface area contributed by atoms with E-state index in [1.54, 1.807) is 0 Å². The number of carbonyl (C=O) groups excluding carboxylic acids is 2. The minimum absolute atomic E-state index is 0.0426. The Morgan fingerprint density at radius 1 is 1.00 bits per heavy atom. The predicted molar refractivity (Wildman–Crippen MR) is 119 cm³/mol. The molecule has 0 aromatic heterocycles. The lowest BCUT2D eigenvalue weighted by molar-refractivity contribution is -0.146. The number of nitrogens with one attached hydrogen (secondary N) is 2. The second kappa shape index (κ2) is 9.79. The summed E-state index contributed by atoms with van der Waals surface area (Å²) < 4.78 is 33.6. The average Bonchev–Trinajstić information content (AvgIpc) is 3.59. The van der Waals surface area contributed by atoms with Gasteiger partial charge in [-0.3, -0.25) is 9.59 Å². The van der Waals surface area contributed by atoms with Gasteiger partial charge in [0.25, 0.3) is 5.91 Å². The third-order valence-electron chi connectivity index (χ3n) is 6.30. The largest absolute Gasteiger partial charge is 0.481 e. The van der Waals surface area contributed by atoms with Crippen molar-refractivity contribution in [3.63, 3.8) is 0 Å². The number of alkyl carbamates (subject to hydrolysis) is 1. The summed E-state index contributed by atoms with van der Waals surface area (Å²) in [6, 6.07) is 15.4. The summed E-state index contributed by atoms with van der Waals surface area (Å²) in [6.45, 7) is -1.68. The van der Waals surface area contributed by atoms with Crippen LogP contribution in [0.1, 0.15) is 36.3 Å². The van der Waals surface area contributed by atoms with Crippen molar-refractivity contribution >= 4 is 18.0 Å². The van der Waals surface area contributed by atoms with E-state index in [2.05, 4.69) is 0 Å². The van der Waals surface area contributed by atoms with Gasteiger partial charge in [0.05, 0.1) is 12.5 Å². The van der Waals surface area contributed by atoms with Gasteiger partial charge in [0.1, 0.15) is 6.61 Å². The van der Waals surface area contributed by atoms with Gasteiger partial charge in [-0.25, -0.2) is 4.79 Å². The lowest BCUT2D eigenvalue weighted by Crippen LogP contribution is -2.49. The van der Waals surface area contributed by atoms with Gasteiger partial charge < -0.3 is 20.5 Å². The number of amides is 2. The monoisotopic (exact) mass is 472 g/mol. The lowest BCUT2D eigenvalue weighted by atomic mass is 9.98. The van der Waals surface area contributed by atoms with Crippen molar-refractivity contribution in [3.8, 4) is 11.1 Å². The SMILES string of the molecule is O=C(NCC(F)(F)C(=O)NCC(CC1CC1)C(=O)O)OCC1c2ccccc2-c2ccccc21. The molecule has 180 valence electrons. The van der Waals surface area contributed by atoms with Crippen LogP contribution in [0, 0.1) is 11.8 Å². The van der Waals surface area contributed by atoms with Gasteiger partial charge >= 0.3 is 18.0 Å². The zero-order chi connectivity index (χ0) is 24.3. The van der Waals surface area contributed by atoms with Gasteiger partial charge in [-0.1, -0.05) is 61.4 Å². The Kier molecular flexibility index (Phi) is 6.81. The van der Waals surface area contributed by atoms with Crippen LogP contribution in [0.2, 0.25) is 0 Å². The van der Waals surface area contributed by atoms with E-state index in [1.165, 1.54) is 0 Å². The molecule has 2 amide bonds. The van der Waals surface area contributed by atoms with Crippen molar-refractivity contribution in [3.05, 3.63) is 59.7 Å². The highest BCUT2D eigenvalue weighted by Gasteiger charge is 2.40. The Labute approximate surface area is 195 Å². The molecule has 0 bridgehead atoms. The van der Waals surface area contributed by atoms with Crippen molar-refractivity contribution in [2.45, 2.75) is 31.1 Å². The van der Waals surface area contributed by atoms with Gasteiger partial charge in [0.15, 0.2) is 0 Å². The number of hydrogen-bond acceptors (Lipinski definition) is 4. The molecule has 0 saturated heterocycles. The normalized spacial score (nSPS) is 15.7. The molecule has 2 aromatic rings. The molecule has 1 unspecified atom stereocenters. The first-order chi connectivity index (χ1) is 16.3. The number of hydrogen-bond donors (Lipinski definition) is 3. The molecular weight excluding hydrogens is 446 g/mol. The van der Waals surface area contributed by atoms with Crippen LogP contribution in [0.25, 0.3) is 11.1 Å². The Hall–Kier alpha value is -3.49. The minimum Gasteiger partial charge on any atom is -0.481 e. The third-order valence-corrected chi connectivity index (χ3v) is 6.30. The van der Waals surface area contributed by atoms with Gasteiger partial charge in [0.2, 0.25) is 0 Å². The van der Waals surface area contributed by atoms with Gasteiger partial charge in [-0.2, -0.15) is 8.78 Å². The number of benzene rings is 2. The van der Waals surface area contributed by atoms with Crippen LogP contribution in [0.5, 0.6) is 0 Å². The number of alkyl halides is 2. The fourth-order valence-electron chi connectivity index (χ4n) is 4.29. The second-order valence-corrected chi connectivity index (χ2v) is 8.81. The summed E-state index contributed by atoms with van der Waals surface area (Å²) in [4.78, 5) is 35.3. The highest BCUT2D eigenvalue weighted by molar-refractivity contribution is 5.85. The number of carboxylic acids is 1. The smallest absolute Gasteiger partial charge is 0.407 e. The van der Waals surface area contributed by atoms with Crippen LogP contribution in [0.3, 0.4) is 0 Å². The lowest BCUT2D eigenvalue weighted by Gasteiger charge is -2.19. The third kappa shape index (κ3) is 5.35. The second-order valence-electron chi connectivity index (χ2n) is 8.81. The Morgan fingerprint density at radius 2 is 1.59 bits per heavy atom. The number of rotatable bonds is 10. The highest BCUT2D eigenvalue weighted by atomic mass is 19.3. The zero-order valence-corrected chi connectivity index (χ0v) is 18.4. The molecular formula is C25H26F2N2O5. The van der Waals surface area contributed by atoms with Crippen molar-refractivity contribution < 1.29 is 33.0 Å². The van der Waals surface area contributed by atoms with Crippen molar-refractivity contribution in [1.82, 2.24) is 10.6 Å². The highest BCUT2D eigenvalue weighted by Crippen LogP contribution is 2.44. The van der Waals surface area contributed by atoms with E-state index in [-0.39, 0.29) is 25.0 Å². The number of carboxylic acid groups (broad SMARTS) is 1. The first kappa shape index (κ1) is 23.7. The number of aliphatic carboxylic acids is 1. The standard InChI is InChI=1S/C25H26F2N2O5/c26-25(27,23(32)28-12-16(22(30)31)11-15-9-10-15)14-29-24(33)34-13-21-19-7-3-1-5-17(19)18-6-2-4-8-20(18)21/h1-8,15-16,21H,9-14H2,(H,28,32)(H,29,33)(H,30,31). The molecule has 2 aliphatic carbocycles. The summed E-state index contributed by atoms with van der Waals surface area (Å²) in [6.07, 6.45) is 1.11. The zero-order valence-electron chi connectivity index (χ0n) is 18.4. The molecule has 0 spiro atoms. The van der Waals surface area contributed by atoms with Crippen molar-refractivity contribution in [2.75, 3.05) is 19.7 Å². The first-order valence-corrected chi connectivity index (χ1v) is 11.2. The maximum absolute atomic E-state index is 14.2. The molecule has 34 heavy (non-hydrogen) atoms. The van der Waals surface area contributed by atoms with Crippen LogP contribution >= 0.6 is 0 Å². The van der Waals surface area contributed by atoms with E-state index in [9.17, 15) is 28.3 Å². The fraction of sp³-hybridized carbons (Fsp3) is 0.400. The van der Waals surface area contributed by atoms with Crippen LogP contribution in [-0.4, -0.2) is 48.7 Å². The van der Waals surface area contributed by atoms with Crippen molar-refractivity contribution in [2.24, 2.45) is 11.8 Å². The van der Waals surface area contributed by atoms with E-state index in [0.717, 1.165) is 35.1 Å². The van der Waals surface area contributed by atoms with Crippen LogP contribution in [0.15, 0.2) is 48.5 Å². The van der Waals surface area contributed by atoms with E-state index in [0.29, 0.717) is 6.42 Å². The molecule has 4 rings (SSSR count). The molecule has 2 aliphatic rings. The Balaban J connectivity index is 1.27. The summed E-state index contributed by atoms with van der Waals surface area (Å²) >= 11 is 0. The first-order valence-electron chi connectivity index (χ1n) is 11.2. The molecule has 1 fully saturated rings. The fourth-order valence-corrected chi connectivity index (χ4v) is 4.29. The summed E-state index contributed by atoms with van der Waals surface area (Å²) in [5.74, 6) is -7.54. The van der Waals surface area contributed by atoms with E-state index in [1.807, 2.05) is 59.2 Å². The summed E-state index contributed by atoms with van der Waals surface area (Å²) in [5, 5.41) is 13.1. The molecule has 0 radical (unpaired) electrons. The molecule has 1 atom stereocenters. The number of halogens is 2. The minimum atomic E-state index is -3.91. The molecule has 2 aromatic carbocycles. The maximum atomic E-state index is 14.2. The van der Waals surface area contributed by atoms with E-state index in [4.69, 9.17) is 4.74 Å². The van der Waals surface area contributed by atoms with E-state index < -0.39 is 36.4 Å². The van der Waals surface area contributed by atoms with Gasteiger partial charge in [-0.15, -0.1) is 0 Å². The Bertz CT molecular complexity index is 1040. The van der Waals surface area contributed by atoms with Crippen LogP contribution in [-0.2, 0) is 14.3 Å². The molecule has 0 aliphatic heterocycles. The predicted octanol–water partition coefficient (Wildman–Crippen LogP) is 3.78. The molecule has 1 saturated carbocycles. The van der Waals surface area contributed by atoms with Gasteiger partial charge in [-0.05, 0) is 34.6 Å².